The van der Waals surface area contributed by atoms with Gasteiger partial charge >= 0.3 is 0 Å². The standard InChI is InChI=1S/C23H26FN3O6/c1-15-11-26(16(2)10-25(15)12-17-4-6-19(24)7-5-17)22(29)14-33-23-18(13-28)8-20(27(30)31)9-21(23)32-3/h4-9,13,15-16H,10-12,14H2,1-3H3/t15-,16+/m0/s1. The smallest absolute Gasteiger partial charge is 0.274 e. The van der Waals surface area contributed by atoms with Crippen LogP contribution < -0.4 is 9.47 Å². The van der Waals surface area contributed by atoms with Gasteiger partial charge in [0.05, 0.1) is 23.7 Å². The lowest BCUT2D eigenvalue weighted by atomic mass is 10.1. The minimum absolute atomic E-state index is 0.00429. The Labute approximate surface area is 190 Å². The summed E-state index contributed by atoms with van der Waals surface area (Å²) in [6.07, 6.45) is 0.425. The lowest BCUT2D eigenvalue weighted by Crippen LogP contribution is -2.58. The average molecular weight is 459 g/mol. The fourth-order valence-electron chi connectivity index (χ4n) is 3.91. The molecule has 1 aliphatic rings. The van der Waals surface area contributed by atoms with Gasteiger partial charge in [-0.05, 0) is 31.5 Å². The second-order valence-electron chi connectivity index (χ2n) is 8.03. The van der Waals surface area contributed by atoms with E-state index < -0.39 is 4.92 Å². The Morgan fingerprint density at radius 2 is 1.91 bits per heavy atom. The molecule has 2 aromatic carbocycles. The number of benzene rings is 2. The monoisotopic (exact) mass is 459 g/mol. The van der Waals surface area contributed by atoms with Crippen molar-refractivity contribution in [3.63, 3.8) is 0 Å². The fourth-order valence-corrected chi connectivity index (χ4v) is 3.91. The minimum Gasteiger partial charge on any atom is -0.493 e. The Morgan fingerprint density at radius 3 is 2.52 bits per heavy atom. The van der Waals surface area contributed by atoms with Crippen LogP contribution in [0.4, 0.5) is 10.1 Å². The van der Waals surface area contributed by atoms with Crippen LogP contribution in [-0.2, 0) is 11.3 Å². The molecule has 0 aliphatic carbocycles. The molecule has 0 radical (unpaired) electrons. The van der Waals surface area contributed by atoms with Crippen molar-refractivity contribution in [1.82, 2.24) is 9.80 Å². The summed E-state index contributed by atoms with van der Waals surface area (Å²) in [7, 11) is 1.30. The summed E-state index contributed by atoms with van der Waals surface area (Å²) in [5.41, 5.74) is 0.608. The van der Waals surface area contributed by atoms with E-state index in [9.17, 15) is 24.1 Å². The molecule has 2 aromatic rings. The number of non-ortho nitro benzene ring substituents is 1. The van der Waals surface area contributed by atoms with Gasteiger partial charge in [-0.15, -0.1) is 0 Å². The number of carbonyl (C=O) groups excluding carboxylic acids is 2. The van der Waals surface area contributed by atoms with E-state index in [1.165, 1.54) is 19.2 Å². The highest BCUT2D eigenvalue weighted by Gasteiger charge is 2.32. The number of ether oxygens (including phenoxy) is 2. The molecular weight excluding hydrogens is 433 g/mol. The summed E-state index contributed by atoms with van der Waals surface area (Å²) >= 11 is 0. The molecule has 2 atom stereocenters. The number of amides is 1. The molecule has 9 nitrogen and oxygen atoms in total. The third kappa shape index (κ3) is 5.64. The maximum absolute atomic E-state index is 13.2. The molecule has 0 unspecified atom stereocenters. The number of nitrogens with zero attached hydrogens (tertiary/aromatic N) is 3. The number of nitro benzene ring substituents is 1. The first-order valence-electron chi connectivity index (χ1n) is 10.5. The Morgan fingerprint density at radius 1 is 1.21 bits per heavy atom. The van der Waals surface area contributed by atoms with Gasteiger partial charge in [-0.1, -0.05) is 12.1 Å². The number of hydrogen-bond donors (Lipinski definition) is 0. The second kappa shape index (κ2) is 10.4. The number of piperazine rings is 1. The first kappa shape index (κ1) is 24.1. The summed E-state index contributed by atoms with van der Waals surface area (Å²) in [6, 6.07) is 8.55. The second-order valence-corrected chi connectivity index (χ2v) is 8.03. The van der Waals surface area contributed by atoms with Gasteiger partial charge in [-0.2, -0.15) is 0 Å². The van der Waals surface area contributed by atoms with Gasteiger partial charge in [-0.3, -0.25) is 24.6 Å². The maximum atomic E-state index is 13.2. The average Bonchev–Trinajstić information content (AvgIpc) is 2.80. The minimum atomic E-state index is -0.640. The number of hydrogen-bond acceptors (Lipinski definition) is 7. The van der Waals surface area contributed by atoms with Crippen molar-refractivity contribution in [2.24, 2.45) is 0 Å². The Bertz CT molecular complexity index is 1030. The third-order valence-electron chi connectivity index (χ3n) is 5.70. The van der Waals surface area contributed by atoms with E-state index in [-0.39, 0.29) is 53.2 Å². The molecule has 1 heterocycles. The van der Waals surface area contributed by atoms with E-state index in [1.54, 1.807) is 17.0 Å². The summed E-state index contributed by atoms with van der Waals surface area (Å²) in [6.45, 7) is 5.36. The molecule has 3 rings (SSSR count). The van der Waals surface area contributed by atoms with Crippen molar-refractivity contribution in [2.75, 3.05) is 26.8 Å². The van der Waals surface area contributed by atoms with Crippen LogP contribution in [0.25, 0.3) is 0 Å². The van der Waals surface area contributed by atoms with Gasteiger partial charge in [0.1, 0.15) is 5.82 Å². The lowest BCUT2D eigenvalue weighted by Gasteiger charge is -2.44. The molecule has 0 N–H and O–H groups in total. The van der Waals surface area contributed by atoms with Crippen LogP contribution in [0.15, 0.2) is 36.4 Å². The highest BCUT2D eigenvalue weighted by molar-refractivity contribution is 5.84. The van der Waals surface area contributed by atoms with Gasteiger partial charge < -0.3 is 14.4 Å². The predicted octanol–water partition coefficient (Wildman–Crippen LogP) is 3.06. The molecule has 0 spiro atoms. The van der Waals surface area contributed by atoms with E-state index in [1.807, 2.05) is 13.8 Å². The molecule has 0 saturated carbocycles. The Balaban J connectivity index is 1.66. The summed E-state index contributed by atoms with van der Waals surface area (Å²) < 4.78 is 23.9. The molecule has 1 amide bonds. The van der Waals surface area contributed by atoms with Crippen LogP contribution in [0.1, 0.15) is 29.8 Å². The maximum Gasteiger partial charge on any atom is 0.274 e. The lowest BCUT2D eigenvalue weighted by molar-refractivity contribution is -0.385. The van der Waals surface area contributed by atoms with Gasteiger partial charge in [-0.25, -0.2) is 4.39 Å². The van der Waals surface area contributed by atoms with Crippen molar-refractivity contribution in [2.45, 2.75) is 32.5 Å². The molecular formula is C23H26FN3O6. The fraction of sp³-hybridized carbons (Fsp3) is 0.391. The molecule has 10 heteroatoms. The van der Waals surface area contributed by atoms with Crippen LogP contribution in [-0.4, -0.2) is 65.8 Å². The SMILES string of the molecule is COc1cc([N+](=O)[O-])cc(C=O)c1OCC(=O)N1C[C@H](C)N(Cc2ccc(F)cc2)C[C@H]1C. The summed E-state index contributed by atoms with van der Waals surface area (Å²) in [5.74, 6) is -0.558. The third-order valence-corrected chi connectivity index (χ3v) is 5.70. The number of aldehydes is 1. The quantitative estimate of drug-likeness (QED) is 0.340. The zero-order valence-corrected chi connectivity index (χ0v) is 18.7. The van der Waals surface area contributed by atoms with E-state index in [4.69, 9.17) is 9.47 Å². The van der Waals surface area contributed by atoms with Gasteiger partial charge in [0.15, 0.2) is 24.4 Å². The van der Waals surface area contributed by atoms with Crippen molar-refractivity contribution in [3.05, 3.63) is 63.5 Å². The van der Waals surface area contributed by atoms with Crippen LogP contribution >= 0.6 is 0 Å². The summed E-state index contributed by atoms with van der Waals surface area (Å²) in [4.78, 5) is 38.7. The number of halogens is 1. The van der Waals surface area contributed by atoms with E-state index in [0.29, 0.717) is 25.9 Å². The molecule has 176 valence electrons. The molecule has 1 saturated heterocycles. The number of carbonyl (C=O) groups is 2. The van der Waals surface area contributed by atoms with Crippen LogP contribution in [0.3, 0.4) is 0 Å². The topological polar surface area (TPSA) is 102 Å². The molecule has 1 fully saturated rings. The molecule has 1 aliphatic heterocycles. The largest absolute Gasteiger partial charge is 0.493 e. The molecule has 0 bridgehead atoms. The zero-order valence-electron chi connectivity index (χ0n) is 18.7. The van der Waals surface area contributed by atoms with Crippen LogP contribution in [0.5, 0.6) is 11.5 Å². The first-order chi connectivity index (χ1) is 15.7. The Kier molecular flexibility index (Phi) is 7.59. The van der Waals surface area contributed by atoms with Crippen molar-refractivity contribution in [3.8, 4) is 11.5 Å². The van der Waals surface area contributed by atoms with Gasteiger partial charge in [0.25, 0.3) is 11.6 Å². The highest BCUT2D eigenvalue weighted by Crippen LogP contribution is 2.35. The zero-order chi connectivity index (χ0) is 24.1. The van der Waals surface area contributed by atoms with Crippen molar-refractivity contribution < 1.29 is 28.4 Å². The Hall–Kier alpha value is -3.53. The van der Waals surface area contributed by atoms with Crippen molar-refractivity contribution >= 4 is 17.9 Å². The van der Waals surface area contributed by atoms with Gasteiger partial charge in [0.2, 0.25) is 0 Å². The first-order valence-corrected chi connectivity index (χ1v) is 10.5. The molecule has 0 aromatic heterocycles. The molecule has 33 heavy (non-hydrogen) atoms. The number of nitro groups is 1. The van der Waals surface area contributed by atoms with Gasteiger partial charge in [0, 0.05) is 37.8 Å². The van der Waals surface area contributed by atoms with Crippen LogP contribution in [0.2, 0.25) is 0 Å². The van der Waals surface area contributed by atoms with E-state index >= 15 is 0 Å². The predicted molar refractivity (Wildman–Crippen MR) is 118 cm³/mol. The van der Waals surface area contributed by atoms with E-state index in [0.717, 1.165) is 17.7 Å². The van der Waals surface area contributed by atoms with Crippen LogP contribution in [0, 0.1) is 15.9 Å². The number of methoxy groups -OCH3 is 1. The van der Waals surface area contributed by atoms with E-state index in [2.05, 4.69) is 4.90 Å². The summed E-state index contributed by atoms with van der Waals surface area (Å²) in [5, 5.41) is 11.1. The highest BCUT2D eigenvalue weighted by atomic mass is 19.1. The van der Waals surface area contributed by atoms with Crippen molar-refractivity contribution in [1.29, 1.82) is 0 Å². The number of rotatable bonds is 8. The normalized spacial score (nSPS) is 18.6.